The maximum atomic E-state index is 11.7. The first-order valence-electron chi connectivity index (χ1n) is 8.31. The maximum Gasteiger partial charge on any atom is 0.335 e. The molecule has 0 radical (unpaired) electrons. The van der Waals surface area contributed by atoms with Gasteiger partial charge in [0.1, 0.15) is 6.10 Å². The lowest BCUT2D eigenvalue weighted by Crippen LogP contribution is -2.52. The fraction of sp³-hybridized carbons (Fsp3) is 0.316. The molecule has 26 heavy (non-hydrogen) atoms. The lowest BCUT2D eigenvalue weighted by atomic mass is 9.99. The van der Waals surface area contributed by atoms with E-state index in [1.54, 1.807) is 12.1 Å². The topological polar surface area (TPSA) is 95.9 Å². The Bertz CT molecular complexity index is 777. The van der Waals surface area contributed by atoms with E-state index in [0.29, 0.717) is 6.54 Å². The van der Waals surface area contributed by atoms with Crippen LogP contribution in [0, 0.1) is 0 Å². The molecule has 1 fully saturated rings. The molecule has 1 heterocycles. The Morgan fingerprint density at radius 1 is 1.23 bits per heavy atom. The highest BCUT2D eigenvalue weighted by atomic mass is 31.1. The van der Waals surface area contributed by atoms with E-state index >= 15 is 0 Å². The minimum Gasteiger partial charge on any atom is -0.478 e. The highest BCUT2D eigenvalue weighted by Gasteiger charge is 2.41. The molecule has 136 valence electrons. The van der Waals surface area contributed by atoms with Gasteiger partial charge in [-0.25, -0.2) is 4.79 Å². The number of carboxylic acids is 1. The van der Waals surface area contributed by atoms with Crippen LogP contribution in [-0.2, 0) is 15.7 Å². The number of hydrogen-bond donors (Lipinski definition) is 3. The molecular formula is C19H20NO5P. The van der Waals surface area contributed by atoms with Gasteiger partial charge in [-0.3, -0.25) is 4.57 Å². The fourth-order valence-corrected chi connectivity index (χ4v) is 3.61. The van der Waals surface area contributed by atoms with E-state index in [9.17, 15) is 14.5 Å². The quantitative estimate of drug-likeness (QED) is 0.674. The highest BCUT2D eigenvalue weighted by molar-refractivity contribution is 7.25. The number of benzene rings is 2. The van der Waals surface area contributed by atoms with Gasteiger partial charge >= 0.3 is 5.97 Å². The van der Waals surface area contributed by atoms with E-state index in [2.05, 4.69) is 5.32 Å². The zero-order valence-corrected chi connectivity index (χ0v) is 14.9. The fourth-order valence-electron chi connectivity index (χ4n) is 3.08. The summed E-state index contributed by atoms with van der Waals surface area (Å²) in [6.45, 7) is 0.556. The Morgan fingerprint density at radius 2 is 2.00 bits per heavy atom. The second kappa shape index (κ2) is 8.06. The molecule has 1 unspecified atom stereocenters. The number of aromatic carboxylic acids is 1. The van der Waals surface area contributed by atoms with E-state index in [-0.39, 0.29) is 24.6 Å². The lowest BCUT2D eigenvalue weighted by molar-refractivity contribution is -0.0853. The molecule has 0 saturated carbocycles. The molecular weight excluding hydrogens is 353 g/mol. The van der Waals surface area contributed by atoms with Crippen molar-refractivity contribution in [3.05, 3.63) is 71.3 Å². The monoisotopic (exact) mass is 373 g/mol. The van der Waals surface area contributed by atoms with Crippen LogP contribution in [0.5, 0.6) is 0 Å². The van der Waals surface area contributed by atoms with Crippen molar-refractivity contribution < 1.29 is 24.3 Å². The predicted molar refractivity (Wildman–Crippen MR) is 96.6 cm³/mol. The van der Waals surface area contributed by atoms with Crippen LogP contribution < -0.4 is 5.32 Å². The summed E-state index contributed by atoms with van der Waals surface area (Å²) in [6.07, 6.45) is -0.425. The number of rotatable bonds is 6. The summed E-state index contributed by atoms with van der Waals surface area (Å²) in [4.78, 5) is 11.1. The van der Waals surface area contributed by atoms with Gasteiger partial charge in [0.15, 0.2) is 13.8 Å². The van der Waals surface area contributed by atoms with Crippen molar-refractivity contribution in [3.8, 4) is 0 Å². The van der Waals surface area contributed by atoms with Crippen LogP contribution in [0.3, 0.4) is 0 Å². The maximum absolute atomic E-state index is 11.7. The van der Waals surface area contributed by atoms with Gasteiger partial charge in [-0.2, -0.15) is 0 Å². The zero-order chi connectivity index (χ0) is 18.6. The van der Waals surface area contributed by atoms with E-state index in [1.807, 2.05) is 36.4 Å². The van der Waals surface area contributed by atoms with Crippen molar-refractivity contribution in [2.75, 3.05) is 13.2 Å². The first-order chi connectivity index (χ1) is 12.5. The largest absolute Gasteiger partial charge is 0.478 e. The number of carboxylic acid groups (broad SMARTS) is 1. The van der Waals surface area contributed by atoms with Gasteiger partial charge in [-0.05, 0) is 23.3 Å². The molecule has 1 aliphatic heterocycles. The number of ether oxygens (including phenoxy) is 1. The Balaban J connectivity index is 1.68. The van der Waals surface area contributed by atoms with Gasteiger partial charge in [0.05, 0.1) is 18.2 Å². The summed E-state index contributed by atoms with van der Waals surface area (Å²) in [6, 6.07) is 15.8. The molecule has 2 aromatic rings. The molecule has 3 rings (SSSR count). The summed E-state index contributed by atoms with van der Waals surface area (Å²) in [7, 11) is -0.393. The zero-order valence-electron chi connectivity index (χ0n) is 14.0. The van der Waals surface area contributed by atoms with Crippen molar-refractivity contribution in [2.45, 2.75) is 23.9 Å². The van der Waals surface area contributed by atoms with E-state index in [1.165, 1.54) is 6.07 Å². The van der Waals surface area contributed by atoms with Gasteiger partial charge in [0, 0.05) is 13.0 Å². The highest BCUT2D eigenvalue weighted by Crippen LogP contribution is 2.33. The molecule has 0 spiro atoms. The van der Waals surface area contributed by atoms with Gasteiger partial charge < -0.3 is 20.3 Å². The number of hydrogen-bond acceptors (Lipinski definition) is 5. The Kier molecular flexibility index (Phi) is 5.79. The van der Waals surface area contributed by atoms with Crippen LogP contribution in [-0.4, -0.2) is 40.8 Å². The molecule has 7 heteroatoms. The number of morpholine rings is 1. The molecule has 2 aromatic carbocycles. The second-order valence-corrected chi connectivity index (χ2v) is 7.30. The van der Waals surface area contributed by atoms with Crippen molar-refractivity contribution in [3.63, 3.8) is 0 Å². The average Bonchev–Trinajstić information content (AvgIpc) is 2.69. The number of aliphatic hydroxyl groups is 1. The molecule has 0 amide bonds. The normalized spacial score (nSPS) is 22.7. The second-order valence-electron chi connectivity index (χ2n) is 6.35. The van der Waals surface area contributed by atoms with Crippen molar-refractivity contribution >= 4 is 14.4 Å². The molecule has 6 nitrogen and oxygen atoms in total. The van der Waals surface area contributed by atoms with E-state index in [0.717, 1.165) is 11.1 Å². The van der Waals surface area contributed by atoms with Crippen LogP contribution in [0.2, 0.25) is 0 Å². The summed E-state index contributed by atoms with van der Waals surface area (Å²) in [5.74, 6) is -0.983. The third kappa shape index (κ3) is 4.17. The summed E-state index contributed by atoms with van der Waals surface area (Å²) < 4.78 is 17.5. The third-order valence-corrected chi connectivity index (χ3v) is 5.29. The van der Waals surface area contributed by atoms with Gasteiger partial charge in [0.25, 0.3) is 0 Å². The van der Waals surface area contributed by atoms with Gasteiger partial charge in [0.2, 0.25) is 0 Å². The van der Waals surface area contributed by atoms with Crippen LogP contribution in [0.15, 0.2) is 54.6 Å². The standard InChI is InChI=1S/C19H20NO5P/c21-18(22)15-8-4-7-14(9-15)16-12-25-17(11-20-16)19(23,26-24)10-13-5-2-1-3-6-13/h1-9,16-17,20,23H,10-12H2,(H,21,22)/t16-,17+,19?/m0/s1. The molecule has 0 aromatic heterocycles. The van der Waals surface area contributed by atoms with Crippen LogP contribution in [0.4, 0.5) is 0 Å². The van der Waals surface area contributed by atoms with Crippen molar-refractivity contribution in [1.82, 2.24) is 5.32 Å². The van der Waals surface area contributed by atoms with Crippen LogP contribution in [0.25, 0.3) is 0 Å². The van der Waals surface area contributed by atoms with Gasteiger partial charge in [-0.15, -0.1) is 0 Å². The molecule has 3 N–H and O–H groups in total. The molecule has 1 saturated heterocycles. The van der Waals surface area contributed by atoms with Gasteiger partial charge in [-0.1, -0.05) is 42.5 Å². The molecule has 0 bridgehead atoms. The number of carbonyl (C=O) groups is 1. The summed E-state index contributed by atoms with van der Waals surface area (Å²) in [5.41, 5.74) is 1.89. The third-order valence-electron chi connectivity index (χ3n) is 4.53. The minimum absolute atomic E-state index is 0.185. The Hall–Kier alpha value is -2.11. The van der Waals surface area contributed by atoms with Crippen molar-refractivity contribution in [2.24, 2.45) is 0 Å². The number of nitrogens with one attached hydrogen (secondary N) is 1. The summed E-state index contributed by atoms with van der Waals surface area (Å²) in [5, 5.41) is 21.6. The lowest BCUT2D eigenvalue weighted by Gasteiger charge is -2.37. The summed E-state index contributed by atoms with van der Waals surface area (Å²) >= 11 is 0. The Morgan fingerprint density at radius 3 is 2.62 bits per heavy atom. The SMILES string of the molecule is O=PC(O)(Cc1ccccc1)[C@H]1CN[C@H](c2cccc(C(=O)O)c2)CO1. The Labute approximate surface area is 153 Å². The first-order valence-corrected chi connectivity index (χ1v) is 9.12. The van der Waals surface area contributed by atoms with E-state index in [4.69, 9.17) is 9.84 Å². The van der Waals surface area contributed by atoms with Crippen LogP contribution in [0.1, 0.15) is 27.5 Å². The average molecular weight is 373 g/mol. The smallest absolute Gasteiger partial charge is 0.335 e. The first kappa shape index (κ1) is 18.7. The van der Waals surface area contributed by atoms with Crippen LogP contribution >= 0.6 is 8.46 Å². The minimum atomic E-state index is -1.53. The van der Waals surface area contributed by atoms with Crippen molar-refractivity contribution in [1.29, 1.82) is 0 Å². The molecule has 3 atom stereocenters. The molecule has 1 aliphatic rings. The predicted octanol–water partition coefficient (Wildman–Crippen LogP) is 2.64. The molecule has 0 aliphatic carbocycles. The van der Waals surface area contributed by atoms with E-state index < -0.39 is 25.9 Å².